The standard InChI is InChI=1S/C27H34N4O3/c1-4-5-17-31-25(32)15-14-21(26(31)20-10-6-9-13-24(20)34-3)27(33)28-16-18-30-19(2)29-22-11-7-8-12-23(22)30/h6-13,21,26H,4-5,14-18H2,1-3H3,(H,28,33). The third kappa shape index (κ3) is 4.79. The summed E-state index contributed by atoms with van der Waals surface area (Å²) in [5.41, 5.74) is 2.92. The maximum Gasteiger partial charge on any atom is 0.225 e. The number of carbonyl (C=O) groups excluding carboxylic acids is 2. The lowest BCUT2D eigenvalue weighted by Crippen LogP contribution is -2.48. The Bertz CT molecular complexity index is 1160. The number of para-hydroxylation sites is 3. The predicted octanol–water partition coefficient (Wildman–Crippen LogP) is 4.25. The maximum absolute atomic E-state index is 13.5. The van der Waals surface area contributed by atoms with Gasteiger partial charge in [-0.05, 0) is 38.0 Å². The predicted molar refractivity (Wildman–Crippen MR) is 133 cm³/mol. The summed E-state index contributed by atoms with van der Waals surface area (Å²) in [4.78, 5) is 32.9. The smallest absolute Gasteiger partial charge is 0.225 e. The molecule has 2 amide bonds. The van der Waals surface area contributed by atoms with Gasteiger partial charge in [0.2, 0.25) is 11.8 Å². The van der Waals surface area contributed by atoms with Gasteiger partial charge >= 0.3 is 0 Å². The van der Waals surface area contributed by atoms with Crippen LogP contribution in [0.15, 0.2) is 48.5 Å². The number of imidazole rings is 1. The molecule has 7 nitrogen and oxygen atoms in total. The zero-order valence-electron chi connectivity index (χ0n) is 20.3. The third-order valence-corrected chi connectivity index (χ3v) is 6.73. The van der Waals surface area contributed by atoms with E-state index in [0.29, 0.717) is 38.2 Å². The van der Waals surface area contributed by atoms with Crippen molar-refractivity contribution in [3.8, 4) is 5.75 Å². The molecule has 0 spiro atoms. The zero-order chi connectivity index (χ0) is 24.1. The minimum Gasteiger partial charge on any atom is -0.496 e. The topological polar surface area (TPSA) is 76.5 Å². The van der Waals surface area contributed by atoms with Crippen LogP contribution in [0.5, 0.6) is 5.75 Å². The van der Waals surface area contributed by atoms with Crippen molar-refractivity contribution in [2.24, 2.45) is 5.92 Å². The van der Waals surface area contributed by atoms with Crippen LogP contribution in [0.1, 0.15) is 50.0 Å². The number of benzene rings is 2. The number of aryl methyl sites for hydroxylation is 1. The minimum atomic E-state index is -0.334. The van der Waals surface area contributed by atoms with Crippen molar-refractivity contribution in [1.29, 1.82) is 0 Å². The average molecular weight is 463 g/mol. The quantitative estimate of drug-likeness (QED) is 0.516. The molecule has 0 radical (unpaired) electrons. The molecule has 1 N–H and O–H groups in total. The van der Waals surface area contributed by atoms with Gasteiger partial charge < -0.3 is 19.5 Å². The average Bonchev–Trinajstić information content (AvgIpc) is 3.17. The van der Waals surface area contributed by atoms with Gasteiger partial charge in [0.15, 0.2) is 0 Å². The first-order valence-corrected chi connectivity index (χ1v) is 12.2. The van der Waals surface area contributed by atoms with E-state index in [9.17, 15) is 9.59 Å². The monoisotopic (exact) mass is 462 g/mol. The lowest BCUT2D eigenvalue weighted by atomic mass is 9.83. The van der Waals surface area contributed by atoms with Crippen LogP contribution in [0, 0.1) is 12.8 Å². The summed E-state index contributed by atoms with van der Waals surface area (Å²) >= 11 is 0. The molecule has 0 bridgehead atoms. The number of hydrogen-bond acceptors (Lipinski definition) is 4. The largest absolute Gasteiger partial charge is 0.496 e. The Balaban J connectivity index is 1.54. The van der Waals surface area contributed by atoms with Crippen LogP contribution >= 0.6 is 0 Å². The van der Waals surface area contributed by atoms with Gasteiger partial charge in [-0.1, -0.05) is 43.7 Å². The van der Waals surface area contributed by atoms with E-state index < -0.39 is 0 Å². The molecule has 1 aliphatic heterocycles. The number of hydrogen-bond donors (Lipinski definition) is 1. The first-order valence-electron chi connectivity index (χ1n) is 12.2. The van der Waals surface area contributed by atoms with Crippen LogP contribution in [0.2, 0.25) is 0 Å². The van der Waals surface area contributed by atoms with Crippen LogP contribution in [0.4, 0.5) is 0 Å². The lowest BCUT2D eigenvalue weighted by molar-refractivity contribution is -0.143. The van der Waals surface area contributed by atoms with Crippen LogP contribution in [0.3, 0.4) is 0 Å². The molecular formula is C27H34N4O3. The number of amides is 2. The molecule has 1 saturated heterocycles. The number of unbranched alkanes of at least 4 members (excludes halogenated alkanes) is 1. The van der Waals surface area contributed by atoms with E-state index in [0.717, 1.165) is 35.3 Å². The van der Waals surface area contributed by atoms with Gasteiger partial charge in [-0.15, -0.1) is 0 Å². The molecule has 1 aromatic heterocycles. The van der Waals surface area contributed by atoms with Crippen LogP contribution < -0.4 is 10.1 Å². The highest BCUT2D eigenvalue weighted by molar-refractivity contribution is 5.85. The van der Waals surface area contributed by atoms with Gasteiger partial charge in [0.1, 0.15) is 11.6 Å². The molecule has 3 aromatic rings. The van der Waals surface area contributed by atoms with Crippen molar-refractivity contribution in [3.05, 3.63) is 59.9 Å². The van der Waals surface area contributed by atoms with E-state index in [1.54, 1.807) is 7.11 Å². The zero-order valence-corrected chi connectivity index (χ0v) is 20.3. The Kier molecular flexibility index (Phi) is 7.50. The molecule has 0 aliphatic carbocycles. The van der Waals surface area contributed by atoms with E-state index in [1.807, 2.05) is 60.4 Å². The molecule has 2 aromatic carbocycles. The van der Waals surface area contributed by atoms with E-state index in [4.69, 9.17) is 4.74 Å². The van der Waals surface area contributed by atoms with Crippen LogP contribution in [-0.4, -0.2) is 46.5 Å². The Morgan fingerprint density at radius 1 is 1.15 bits per heavy atom. The highest BCUT2D eigenvalue weighted by Gasteiger charge is 2.41. The van der Waals surface area contributed by atoms with Gasteiger partial charge in [0, 0.05) is 31.6 Å². The van der Waals surface area contributed by atoms with E-state index in [2.05, 4.69) is 21.8 Å². The molecule has 2 atom stereocenters. The minimum absolute atomic E-state index is 0.0213. The van der Waals surface area contributed by atoms with Crippen molar-refractivity contribution < 1.29 is 14.3 Å². The molecule has 2 heterocycles. The molecule has 1 aliphatic rings. The Labute approximate surface area is 201 Å². The number of nitrogens with one attached hydrogen (secondary N) is 1. The summed E-state index contributed by atoms with van der Waals surface area (Å²) in [5.74, 6) is 1.39. The fourth-order valence-corrected chi connectivity index (χ4v) is 5.02. The summed E-state index contributed by atoms with van der Waals surface area (Å²) in [6.07, 6.45) is 2.80. The normalized spacial score (nSPS) is 18.3. The van der Waals surface area contributed by atoms with Gasteiger partial charge in [-0.25, -0.2) is 4.98 Å². The van der Waals surface area contributed by atoms with Crippen LogP contribution in [-0.2, 0) is 16.1 Å². The Morgan fingerprint density at radius 2 is 1.91 bits per heavy atom. The van der Waals surface area contributed by atoms with Gasteiger partial charge in [-0.3, -0.25) is 9.59 Å². The number of ether oxygens (including phenoxy) is 1. The highest BCUT2D eigenvalue weighted by atomic mass is 16.5. The second kappa shape index (κ2) is 10.7. The molecule has 180 valence electrons. The fraction of sp³-hybridized carbons (Fsp3) is 0.444. The number of aromatic nitrogens is 2. The summed E-state index contributed by atoms with van der Waals surface area (Å²) in [7, 11) is 1.63. The first-order chi connectivity index (χ1) is 16.5. The van der Waals surface area contributed by atoms with Gasteiger partial charge in [0.05, 0.1) is 30.1 Å². The molecule has 4 rings (SSSR count). The first kappa shape index (κ1) is 23.8. The Hall–Kier alpha value is -3.35. The van der Waals surface area contributed by atoms with Crippen molar-refractivity contribution in [2.75, 3.05) is 20.2 Å². The molecule has 7 heteroatoms. The SMILES string of the molecule is CCCCN1C(=O)CCC(C(=O)NCCn2c(C)nc3ccccc32)C1c1ccccc1OC. The molecule has 0 saturated carbocycles. The number of fused-ring (bicyclic) bond motifs is 1. The van der Waals surface area contributed by atoms with Gasteiger partial charge in [-0.2, -0.15) is 0 Å². The van der Waals surface area contributed by atoms with Crippen molar-refractivity contribution in [1.82, 2.24) is 19.8 Å². The highest BCUT2D eigenvalue weighted by Crippen LogP contribution is 2.40. The Morgan fingerprint density at radius 3 is 2.71 bits per heavy atom. The second-order valence-corrected chi connectivity index (χ2v) is 8.86. The molecule has 2 unspecified atom stereocenters. The summed E-state index contributed by atoms with van der Waals surface area (Å²) in [6.45, 7) is 5.87. The summed E-state index contributed by atoms with van der Waals surface area (Å²) < 4.78 is 7.75. The number of carbonyl (C=O) groups is 2. The number of rotatable bonds is 9. The third-order valence-electron chi connectivity index (χ3n) is 6.73. The van der Waals surface area contributed by atoms with Crippen molar-refractivity contribution >= 4 is 22.8 Å². The summed E-state index contributed by atoms with van der Waals surface area (Å²) in [5, 5.41) is 3.14. The van der Waals surface area contributed by atoms with E-state index in [-0.39, 0.29) is 23.8 Å². The number of nitrogens with zero attached hydrogens (tertiary/aromatic N) is 3. The summed E-state index contributed by atoms with van der Waals surface area (Å²) in [6, 6.07) is 15.4. The number of likely N-dealkylation sites (tertiary alicyclic amines) is 1. The fourth-order valence-electron chi connectivity index (χ4n) is 5.02. The molecular weight excluding hydrogens is 428 g/mol. The van der Waals surface area contributed by atoms with Crippen LogP contribution in [0.25, 0.3) is 11.0 Å². The van der Waals surface area contributed by atoms with Crippen molar-refractivity contribution in [2.45, 2.75) is 52.1 Å². The number of methoxy groups -OCH3 is 1. The maximum atomic E-state index is 13.5. The second-order valence-electron chi connectivity index (χ2n) is 8.86. The van der Waals surface area contributed by atoms with E-state index in [1.165, 1.54) is 0 Å². The molecule has 34 heavy (non-hydrogen) atoms. The van der Waals surface area contributed by atoms with Crippen molar-refractivity contribution in [3.63, 3.8) is 0 Å². The van der Waals surface area contributed by atoms with E-state index >= 15 is 0 Å². The lowest BCUT2D eigenvalue weighted by Gasteiger charge is -2.41. The molecule has 1 fully saturated rings. The van der Waals surface area contributed by atoms with Gasteiger partial charge in [0.25, 0.3) is 0 Å². The number of piperidine rings is 1.